The smallest absolute Gasteiger partial charge is 0.126 e. The van der Waals surface area contributed by atoms with Crippen LogP contribution in [0.2, 0.25) is 0 Å². The van der Waals surface area contributed by atoms with Gasteiger partial charge in [-0.3, -0.25) is 0 Å². The zero-order chi connectivity index (χ0) is 13.5. The molecule has 0 bridgehead atoms. The SMILES string of the molecule is NCC1(Cc2cc(F)ccc2F)CCOC1C1CC1. The van der Waals surface area contributed by atoms with Crippen molar-refractivity contribution in [2.75, 3.05) is 13.2 Å². The molecule has 1 aliphatic heterocycles. The quantitative estimate of drug-likeness (QED) is 0.910. The predicted octanol–water partition coefficient (Wildman–Crippen LogP) is 2.65. The van der Waals surface area contributed by atoms with Crippen LogP contribution in [0.1, 0.15) is 24.8 Å². The van der Waals surface area contributed by atoms with E-state index in [9.17, 15) is 8.78 Å². The third-order valence-corrected chi connectivity index (χ3v) is 4.51. The molecule has 2 atom stereocenters. The standard InChI is InChI=1S/C15H19F2NO/c16-12-3-4-13(17)11(7-12)8-15(9-18)5-6-19-14(15)10-1-2-10/h3-4,7,10,14H,1-2,5-6,8-9,18H2. The molecule has 2 unspecified atom stereocenters. The average molecular weight is 267 g/mol. The van der Waals surface area contributed by atoms with Crippen LogP contribution in [0.25, 0.3) is 0 Å². The fourth-order valence-electron chi connectivity index (χ4n) is 3.28. The molecule has 0 amide bonds. The van der Waals surface area contributed by atoms with E-state index in [1.807, 2.05) is 0 Å². The molecule has 1 heterocycles. The number of nitrogens with two attached hydrogens (primary N) is 1. The van der Waals surface area contributed by atoms with Gasteiger partial charge in [-0.15, -0.1) is 0 Å². The first-order valence-corrected chi connectivity index (χ1v) is 6.90. The second-order valence-electron chi connectivity index (χ2n) is 5.86. The van der Waals surface area contributed by atoms with Gasteiger partial charge in [0, 0.05) is 18.6 Å². The van der Waals surface area contributed by atoms with Crippen LogP contribution < -0.4 is 5.73 Å². The van der Waals surface area contributed by atoms with Gasteiger partial charge in [0.05, 0.1) is 6.10 Å². The number of halogens is 2. The highest BCUT2D eigenvalue weighted by Crippen LogP contribution is 2.49. The van der Waals surface area contributed by atoms with Crippen LogP contribution in [0.4, 0.5) is 8.78 Å². The number of benzene rings is 1. The van der Waals surface area contributed by atoms with Crippen molar-refractivity contribution in [3.8, 4) is 0 Å². The second kappa shape index (κ2) is 4.84. The minimum atomic E-state index is -0.398. The van der Waals surface area contributed by atoms with Crippen molar-refractivity contribution in [1.82, 2.24) is 0 Å². The lowest BCUT2D eigenvalue weighted by atomic mass is 9.74. The molecule has 2 N–H and O–H groups in total. The van der Waals surface area contributed by atoms with E-state index in [4.69, 9.17) is 10.5 Å². The first-order valence-electron chi connectivity index (χ1n) is 6.90. The Balaban J connectivity index is 1.87. The summed E-state index contributed by atoms with van der Waals surface area (Å²) in [6.07, 6.45) is 3.74. The number of ether oxygens (including phenoxy) is 1. The Morgan fingerprint density at radius 1 is 1.32 bits per heavy atom. The highest BCUT2D eigenvalue weighted by molar-refractivity contribution is 5.22. The molecule has 2 aliphatic rings. The maximum atomic E-state index is 13.8. The average Bonchev–Trinajstić information content (AvgIpc) is 3.16. The van der Waals surface area contributed by atoms with Crippen LogP contribution in [0.5, 0.6) is 0 Å². The molecular formula is C15H19F2NO. The first-order chi connectivity index (χ1) is 9.14. The molecule has 19 heavy (non-hydrogen) atoms. The Kier molecular flexibility index (Phi) is 3.31. The fourth-order valence-corrected chi connectivity index (χ4v) is 3.28. The number of rotatable bonds is 4. The minimum Gasteiger partial charge on any atom is -0.377 e. The zero-order valence-corrected chi connectivity index (χ0v) is 10.9. The molecule has 1 aromatic rings. The Hall–Kier alpha value is -1.00. The summed E-state index contributed by atoms with van der Waals surface area (Å²) in [4.78, 5) is 0. The summed E-state index contributed by atoms with van der Waals surface area (Å²) in [5.41, 5.74) is 6.16. The molecule has 0 spiro atoms. The highest BCUT2D eigenvalue weighted by Gasteiger charge is 2.50. The molecule has 4 heteroatoms. The molecule has 104 valence electrons. The van der Waals surface area contributed by atoms with E-state index in [0.717, 1.165) is 25.3 Å². The van der Waals surface area contributed by atoms with Crippen LogP contribution >= 0.6 is 0 Å². The van der Waals surface area contributed by atoms with E-state index in [2.05, 4.69) is 0 Å². The Morgan fingerprint density at radius 2 is 2.11 bits per heavy atom. The van der Waals surface area contributed by atoms with Crippen LogP contribution in [0.15, 0.2) is 18.2 Å². The van der Waals surface area contributed by atoms with E-state index >= 15 is 0 Å². The van der Waals surface area contributed by atoms with Crippen LogP contribution in [-0.4, -0.2) is 19.3 Å². The van der Waals surface area contributed by atoms with E-state index in [0.29, 0.717) is 31.1 Å². The van der Waals surface area contributed by atoms with Crippen molar-refractivity contribution < 1.29 is 13.5 Å². The van der Waals surface area contributed by atoms with Gasteiger partial charge in [0.2, 0.25) is 0 Å². The van der Waals surface area contributed by atoms with Crippen molar-refractivity contribution in [3.05, 3.63) is 35.4 Å². The monoisotopic (exact) mass is 267 g/mol. The van der Waals surface area contributed by atoms with Gasteiger partial charge in [0.1, 0.15) is 11.6 Å². The fraction of sp³-hybridized carbons (Fsp3) is 0.600. The molecular weight excluding hydrogens is 248 g/mol. The number of hydrogen-bond acceptors (Lipinski definition) is 2. The van der Waals surface area contributed by atoms with Gasteiger partial charge in [-0.25, -0.2) is 8.78 Å². The molecule has 0 aromatic heterocycles. The third kappa shape index (κ3) is 2.39. The highest BCUT2D eigenvalue weighted by atomic mass is 19.1. The summed E-state index contributed by atoms with van der Waals surface area (Å²) in [6, 6.07) is 3.63. The molecule has 3 rings (SSSR count). The van der Waals surface area contributed by atoms with Gasteiger partial charge in [0.25, 0.3) is 0 Å². The molecule has 1 aromatic carbocycles. The van der Waals surface area contributed by atoms with Crippen molar-refractivity contribution in [3.63, 3.8) is 0 Å². The lowest BCUT2D eigenvalue weighted by Crippen LogP contribution is -2.41. The summed E-state index contributed by atoms with van der Waals surface area (Å²) in [7, 11) is 0. The van der Waals surface area contributed by atoms with E-state index in [1.165, 1.54) is 12.1 Å². The normalized spacial score (nSPS) is 30.8. The largest absolute Gasteiger partial charge is 0.377 e. The molecule has 0 radical (unpaired) electrons. The number of hydrogen-bond donors (Lipinski definition) is 1. The van der Waals surface area contributed by atoms with Crippen LogP contribution in [0.3, 0.4) is 0 Å². The van der Waals surface area contributed by atoms with Crippen LogP contribution in [-0.2, 0) is 11.2 Å². The topological polar surface area (TPSA) is 35.2 Å². The zero-order valence-electron chi connectivity index (χ0n) is 10.9. The van der Waals surface area contributed by atoms with E-state index < -0.39 is 5.82 Å². The van der Waals surface area contributed by atoms with Crippen molar-refractivity contribution in [2.45, 2.75) is 31.8 Å². The predicted molar refractivity (Wildman–Crippen MR) is 68.6 cm³/mol. The van der Waals surface area contributed by atoms with E-state index in [-0.39, 0.29) is 17.3 Å². The summed E-state index contributed by atoms with van der Waals surface area (Å²) in [6.45, 7) is 1.14. The second-order valence-corrected chi connectivity index (χ2v) is 5.86. The molecule has 1 saturated carbocycles. The summed E-state index contributed by atoms with van der Waals surface area (Å²) in [5, 5.41) is 0. The van der Waals surface area contributed by atoms with Crippen molar-refractivity contribution in [2.24, 2.45) is 17.1 Å². The Morgan fingerprint density at radius 3 is 2.79 bits per heavy atom. The van der Waals surface area contributed by atoms with Gasteiger partial charge in [-0.2, -0.15) is 0 Å². The Bertz CT molecular complexity index is 475. The molecule has 2 nitrogen and oxygen atoms in total. The maximum absolute atomic E-state index is 13.8. The lowest BCUT2D eigenvalue weighted by molar-refractivity contribution is 0.0341. The van der Waals surface area contributed by atoms with Crippen molar-refractivity contribution >= 4 is 0 Å². The molecule has 1 saturated heterocycles. The molecule has 1 aliphatic carbocycles. The summed E-state index contributed by atoms with van der Waals surface area (Å²) in [5.74, 6) is -0.191. The van der Waals surface area contributed by atoms with Gasteiger partial charge < -0.3 is 10.5 Å². The Labute approximate surface area is 111 Å². The van der Waals surface area contributed by atoms with Gasteiger partial charge in [0.15, 0.2) is 0 Å². The minimum absolute atomic E-state index is 0.111. The first kappa shape index (κ1) is 13.0. The van der Waals surface area contributed by atoms with Crippen molar-refractivity contribution in [1.29, 1.82) is 0 Å². The molecule has 2 fully saturated rings. The summed E-state index contributed by atoms with van der Waals surface area (Å²) >= 11 is 0. The maximum Gasteiger partial charge on any atom is 0.126 e. The third-order valence-electron chi connectivity index (χ3n) is 4.51. The van der Waals surface area contributed by atoms with Gasteiger partial charge >= 0.3 is 0 Å². The van der Waals surface area contributed by atoms with Gasteiger partial charge in [-0.1, -0.05) is 0 Å². The van der Waals surface area contributed by atoms with Gasteiger partial charge in [-0.05, 0) is 55.4 Å². The van der Waals surface area contributed by atoms with E-state index in [1.54, 1.807) is 0 Å². The summed E-state index contributed by atoms with van der Waals surface area (Å²) < 4.78 is 32.9. The lowest BCUT2D eigenvalue weighted by Gasteiger charge is -2.33. The van der Waals surface area contributed by atoms with Crippen LogP contribution in [0, 0.1) is 23.0 Å².